The summed E-state index contributed by atoms with van der Waals surface area (Å²) >= 11 is 0. The van der Waals surface area contributed by atoms with Crippen LogP contribution in [-0.2, 0) is 11.3 Å². The average molecular weight is 266 g/mol. The van der Waals surface area contributed by atoms with E-state index < -0.39 is 0 Å². The Kier molecular flexibility index (Phi) is 6.33. The molecule has 0 radical (unpaired) electrons. The minimum absolute atomic E-state index is 0.786. The molecule has 1 aliphatic heterocycles. The first kappa shape index (κ1) is 14.5. The van der Waals surface area contributed by atoms with Crippen molar-refractivity contribution < 1.29 is 4.74 Å². The topological polar surface area (TPSA) is 42.3 Å². The summed E-state index contributed by atoms with van der Waals surface area (Å²) in [4.78, 5) is 6.66. The largest absolute Gasteiger partial charge is 0.383 e. The summed E-state index contributed by atoms with van der Waals surface area (Å²) in [5.74, 6) is 0.786. The van der Waals surface area contributed by atoms with Crippen molar-refractivity contribution in [3.05, 3.63) is 18.7 Å². The summed E-state index contributed by atoms with van der Waals surface area (Å²) in [6.45, 7) is 7.51. The van der Waals surface area contributed by atoms with E-state index >= 15 is 0 Å². The molecule has 1 aromatic heterocycles. The van der Waals surface area contributed by atoms with E-state index in [1.807, 2.05) is 18.7 Å². The molecule has 0 bridgehead atoms. The fourth-order valence-electron chi connectivity index (χ4n) is 2.68. The molecule has 0 saturated carbocycles. The first-order chi connectivity index (χ1) is 9.38. The maximum absolute atomic E-state index is 5.05. The third-order valence-corrected chi connectivity index (χ3v) is 3.75. The van der Waals surface area contributed by atoms with Crippen LogP contribution in [0.3, 0.4) is 0 Å². The molecule has 0 aliphatic carbocycles. The number of aromatic nitrogens is 2. The van der Waals surface area contributed by atoms with Gasteiger partial charge in [0, 0.05) is 45.7 Å². The zero-order chi connectivity index (χ0) is 13.3. The van der Waals surface area contributed by atoms with Crippen molar-refractivity contribution in [2.45, 2.75) is 19.4 Å². The van der Waals surface area contributed by atoms with E-state index in [9.17, 15) is 0 Å². The maximum Gasteiger partial charge on any atom is 0.0946 e. The summed E-state index contributed by atoms with van der Waals surface area (Å²) in [6, 6.07) is 0. The molecule has 1 aromatic rings. The lowest BCUT2D eigenvalue weighted by Gasteiger charge is -2.32. The second-order valence-electron chi connectivity index (χ2n) is 5.31. The Morgan fingerprint density at radius 3 is 3.16 bits per heavy atom. The highest BCUT2D eigenvalue weighted by atomic mass is 16.5. The second kappa shape index (κ2) is 8.30. The molecule has 1 fully saturated rings. The molecule has 1 unspecified atom stereocenters. The highest BCUT2D eigenvalue weighted by Crippen LogP contribution is 2.15. The predicted molar refractivity (Wildman–Crippen MR) is 76.1 cm³/mol. The minimum atomic E-state index is 0.786. The third-order valence-electron chi connectivity index (χ3n) is 3.75. The van der Waals surface area contributed by atoms with Crippen LogP contribution in [0, 0.1) is 5.92 Å². The van der Waals surface area contributed by atoms with E-state index in [2.05, 4.69) is 19.8 Å². The van der Waals surface area contributed by atoms with Crippen LogP contribution in [0.25, 0.3) is 0 Å². The molecule has 1 N–H and O–H groups in total. The van der Waals surface area contributed by atoms with Gasteiger partial charge in [0.05, 0.1) is 12.9 Å². The molecule has 0 amide bonds. The lowest BCUT2D eigenvalue weighted by atomic mass is 9.98. The Labute approximate surface area is 116 Å². The Morgan fingerprint density at radius 2 is 2.37 bits per heavy atom. The molecular weight excluding hydrogens is 240 g/mol. The lowest BCUT2D eigenvalue weighted by Crippen LogP contribution is -2.41. The first-order valence-corrected chi connectivity index (χ1v) is 7.26. The van der Waals surface area contributed by atoms with Gasteiger partial charge in [-0.3, -0.25) is 0 Å². The van der Waals surface area contributed by atoms with Crippen molar-refractivity contribution in [3.8, 4) is 0 Å². The van der Waals surface area contributed by atoms with Gasteiger partial charge in [-0.1, -0.05) is 0 Å². The van der Waals surface area contributed by atoms with Gasteiger partial charge >= 0.3 is 0 Å². The molecule has 5 heteroatoms. The number of imidazole rings is 1. The van der Waals surface area contributed by atoms with E-state index in [1.165, 1.54) is 25.9 Å². The van der Waals surface area contributed by atoms with Crippen molar-refractivity contribution in [2.75, 3.05) is 46.4 Å². The van der Waals surface area contributed by atoms with Crippen molar-refractivity contribution in [1.82, 2.24) is 19.8 Å². The number of methoxy groups -OCH3 is 1. The van der Waals surface area contributed by atoms with Gasteiger partial charge in [-0.05, 0) is 31.8 Å². The van der Waals surface area contributed by atoms with E-state index in [1.54, 1.807) is 7.11 Å². The number of piperidine rings is 1. The van der Waals surface area contributed by atoms with Gasteiger partial charge < -0.3 is 19.5 Å². The Balaban J connectivity index is 1.62. The van der Waals surface area contributed by atoms with Gasteiger partial charge in [-0.2, -0.15) is 0 Å². The van der Waals surface area contributed by atoms with Gasteiger partial charge in [0.25, 0.3) is 0 Å². The molecule has 108 valence electrons. The van der Waals surface area contributed by atoms with Crippen LogP contribution in [0.15, 0.2) is 18.7 Å². The molecule has 2 rings (SSSR count). The number of rotatable bonds is 8. The molecule has 0 spiro atoms. The summed E-state index contributed by atoms with van der Waals surface area (Å²) in [6.07, 6.45) is 8.45. The van der Waals surface area contributed by atoms with Crippen LogP contribution >= 0.6 is 0 Å². The Hall–Kier alpha value is -0.910. The monoisotopic (exact) mass is 266 g/mol. The fourth-order valence-corrected chi connectivity index (χ4v) is 2.68. The lowest BCUT2D eigenvalue weighted by molar-refractivity contribution is 0.161. The minimum Gasteiger partial charge on any atom is -0.383 e. The van der Waals surface area contributed by atoms with Crippen molar-refractivity contribution >= 4 is 0 Å². The Bertz CT molecular complexity index is 328. The van der Waals surface area contributed by atoms with Crippen molar-refractivity contribution in [2.24, 2.45) is 5.92 Å². The second-order valence-corrected chi connectivity index (χ2v) is 5.31. The van der Waals surface area contributed by atoms with Crippen LogP contribution in [0.4, 0.5) is 0 Å². The van der Waals surface area contributed by atoms with Crippen LogP contribution in [0.5, 0.6) is 0 Å². The predicted octanol–water partition coefficient (Wildman–Crippen LogP) is 0.831. The molecule has 2 heterocycles. The van der Waals surface area contributed by atoms with E-state index in [-0.39, 0.29) is 0 Å². The molecule has 0 aromatic carbocycles. The summed E-state index contributed by atoms with van der Waals surface area (Å²) in [7, 11) is 1.75. The SMILES string of the molecule is COCCNCC1CCCN(CCn2ccnc2)C1. The Morgan fingerprint density at radius 1 is 1.42 bits per heavy atom. The van der Waals surface area contributed by atoms with Crippen LogP contribution < -0.4 is 5.32 Å². The summed E-state index contributed by atoms with van der Waals surface area (Å²) in [5.41, 5.74) is 0. The van der Waals surface area contributed by atoms with Gasteiger partial charge in [0.2, 0.25) is 0 Å². The van der Waals surface area contributed by atoms with E-state index in [4.69, 9.17) is 4.74 Å². The van der Waals surface area contributed by atoms with Gasteiger partial charge in [-0.15, -0.1) is 0 Å². The highest BCUT2D eigenvalue weighted by molar-refractivity contribution is 4.77. The van der Waals surface area contributed by atoms with E-state index in [0.717, 1.165) is 38.7 Å². The number of nitrogens with zero attached hydrogens (tertiary/aromatic N) is 3. The molecular formula is C14H26N4O. The quantitative estimate of drug-likeness (QED) is 0.708. The third kappa shape index (κ3) is 5.30. The highest BCUT2D eigenvalue weighted by Gasteiger charge is 2.19. The molecule has 1 atom stereocenters. The number of likely N-dealkylation sites (tertiary alicyclic amines) is 1. The number of ether oxygens (including phenoxy) is 1. The van der Waals surface area contributed by atoms with Crippen LogP contribution in [0.1, 0.15) is 12.8 Å². The first-order valence-electron chi connectivity index (χ1n) is 7.26. The zero-order valence-corrected chi connectivity index (χ0v) is 11.9. The zero-order valence-electron chi connectivity index (χ0n) is 11.9. The molecule has 1 aliphatic rings. The standard InChI is InChI=1S/C14H26N4O/c1-19-10-5-15-11-14-3-2-6-17(12-14)8-9-18-7-4-16-13-18/h4,7,13-15H,2-3,5-6,8-12H2,1H3. The van der Waals surface area contributed by atoms with Gasteiger partial charge in [0.1, 0.15) is 0 Å². The molecule has 5 nitrogen and oxygen atoms in total. The smallest absolute Gasteiger partial charge is 0.0946 e. The summed E-state index contributed by atoms with van der Waals surface area (Å²) < 4.78 is 7.20. The number of hydrogen-bond acceptors (Lipinski definition) is 4. The maximum atomic E-state index is 5.05. The normalized spacial score (nSPS) is 20.8. The van der Waals surface area contributed by atoms with Crippen molar-refractivity contribution in [1.29, 1.82) is 0 Å². The van der Waals surface area contributed by atoms with Gasteiger partial charge in [-0.25, -0.2) is 4.98 Å². The van der Waals surface area contributed by atoms with E-state index in [0.29, 0.717) is 0 Å². The van der Waals surface area contributed by atoms with Crippen molar-refractivity contribution in [3.63, 3.8) is 0 Å². The van der Waals surface area contributed by atoms with Gasteiger partial charge in [0.15, 0.2) is 0 Å². The summed E-state index contributed by atoms with van der Waals surface area (Å²) in [5, 5.41) is 3.48. The fraction of sp³-hybridized carbons (Fsp3) is 0.786. The average Bonchev–Trinajstić information content (AvgIpc) is 2.95. The number of nitrogens with one attached hydrogen (secondary N) is 1. The molecule has 1 saturated heterocycles. The van der Waals surface area contributed by atoms with Crippen LogP contribution in [0.2, 0.25) is 0 Å². The van der Waals surface area contributed by atoms with Crippen LogP contribution in [-0.4, -0.2) is 60.9 Å². The molecule has 19 heavy (non-hydrogen) atoms. The number of hydrogen-bond donors (Lipinski definition) is 1.